The van der Waals surface area contributed by atoms with Crippen LogP contribution in [0.5, 0.6) is 0 Å². The Morgan fingerprint density at radius 1 is 1.23 bits per heavy atom. The quantitative estimate of drug-likeness (QED) is 0.800. The lowest BCUT2D eigenvalue weighted by Crippen LogP contribution is -2.38. The third kappa shape index (κ3) is 4.80. The van der Waals surface area contributed by atoms with Crippen molar-refractivity contribution in [2.75, 3.05) is 25.4 Å². The molecule has 5 heteroatoms. The Bertz CT molecular complexity index is 566. The predicted octanol–water partition coefficient (Wildman–Crippen LogP) is 2.85. The summed E-state index contributed by atoms with van der Waals surface area (Å²) in [4.78, 5) is 2.41. The fraction of sp³-hybridized carbons (Fsp3) is 0.647. The van der Waals surface area contributed by atoms with Crippen LogP contribution in [0.2, 0.25) is 0 Å². The zero-order valence-electron chi connectivity index (χ0n) is 13.7. The summed E-state index contributed by atoms with van der Waals surface area (Å²) >= 11 is 0. The highest BCUT2D eigenvalue weighted by Crippen LogP contribution is 2.27. The van der Waals surface area contributed by atoms with Crippen LogP contribution in [-0.2, 0) is 10.0 Å². The molecule has 4 nitrogen and oxygen atoms in total. The predicted molar refractivity (Wildman–Crippen MR) is 91.4 cm³/mol. The Morgan fingerprint density at radius 2 is 1.91 bits per heavy atom. The average molecular weight is 324 g/mol. The number of hydrogen-bond acceptors (Lipinski definition) is 3. The van der Waals surface area contributed by atoms with Gasteiger partial charge in [-0.2, -0.15) is 0 Å². The van der Waals surface area contributed by atoms with Gasteiger partial charge in [0.25, 0.3) is 0 Å². The molecule has 1 aromatic rings. The second-order valence-corrected chi connectivity index (χ2v) is 8.06. The van der Waals surface area contributed by atoms with E-state index in [9.17, 15) is 8.42 Å². The highest BCUT2D eigenvalue weighted by molar-refractivity contribution is 7.89. The molecule has 0 saturated carbocycles. The van der Waals surface area contributed by atoms with E-state index in [1.54, 1.807) is 0 Å². The first-order valence-electron chi connectivity index (χ1n) is 8.30. The van der Waals surface area contributed by atoms with Crippen LogP contribution in [0, 0.1) is 6.92 Å². The van der Waals surface area contributed by atoms with Crippen molar-refractivity contribution in [1.82, 2.24) is 9.62 Å². The van der Waals surface area contributed by atoms with Gasteiger partial charge in [-0.25, -0.2) is 13.1 Å². The molecule has 22 heavy (non-hydrogen) atoms. The summed E-state index contributed by atoms with van der Waals surface area (Å²) in [6, 6.07) is 8.44. The zero-order valence-corrected chi connectivity index (χ0v) is 14.5. The summed E-state index contributed by atoms with van der Waals surface area (Å²) in [6.45, 7) is 6.68. The zero-order chi connectivity index (χ0) is 16.0. The van der Waals surface area contributed by atoms with E-state index >= 15 is 0 Å². The summed E-state index contributed by atoms with van der Waals surface area (Å²) in [6.07, 6.45) is 4.01. The van der Waals surface area contributed by atoms with Gasteiger partial charge in [-0.3, -0.25) is 4.90 Å². The first-order chi connectivity index (χ1) is 10.5. The minimum atomic E-state index is -3.17. The minimum absolute atomic E-state index is 0.139. The van der Waals surface area contributed by atoms with Crippen LogP contribution >= 0.6 is 0 Å². The first kappa shape index (κ1) is 17.4. The lowest BCUT2D eigenvalue weighted by molar-refractivity contribution is 0.246. The van der Waals surface area contributed by atoms with Crippen LogP contribution in [-0.4, -0.2) is 38.7 Å². The molecule has 0 bridgehead atoms. The summed E-state index contributed by atoms with van der Waals surface area (Å²) in [7, 11) is -3.17. The summed E-state index contributed by atoms with van der Waals surface area (Å²) in [5.41, 5.74) is 2.47. The lowest BCUT2D eigenvalue weighted by atomic mass is 10.0. The molecule has 0 amide bonds. The summed E-state index contributed by atoms with van der Waals surface area (Å²) in [5.74, 6) is 0.226. The smallest absolute Gasteiger partial charge is 0.211 e. The number of hydrogen-bond donors (Lipinski definition) is 1. The molecule has 0 radical (unpaired) electrons. The van der Waals surface area contributed by atoms with Crippen molar-refractivity contribution in [3.8, 4) is 0 Å². The molecule has 1 aliphatic rings. The van der Waals surface area contributed by atoms with Gasteiger partial charge in [-0.15, -0.1) is 0 Å². The Balaban J connectivity index is 2.10. The Kier molecular flexibility index (Phi) is 6.41. The van der Waals surface area contributed by atoms with Crippen molar-refractivity contribution < 1.29 is 8.42 Å². The summed E-state index contributed by atoms with van der Waals surface area (Å²) in [5, 5.41) is 0. The normalized spacial score (nSPS) is 17.7. The molecule has 1 unspecified atom stereocenters. The van der Waals surface area contributed by atoms with Gasteiger partial charge < -0.3 is 0 Å². The van der Waals surface area contributed by atoms with E-state index in [-0.39, 0.29) is 11.8 Å². The van der Waals surface area contributed by atoms with E-state index in [2.05, 4.69) is 28.7 Å². The Hall–Kier alpha value is -0.910. The van der Waals surface area contributed by atoms with Crippen LogP contribution in [0.4, 0.5) is 0 Å². The molecule has 0 aliphatic carbocycles. The van der Waals surface area contributed by atoms with Crippen molar-refractivity contribution in [1.29, 1.82) is 0 Å². The van der Waals surface area contributed by atoms with Crippen LogP contribution < -0.4 is 4.72 Å². The molecule has 1 N–H and O–H groups in total. The van der Waals surface area contributed by atoms with E-state index in [1.807, 2.05) is 19.1 Å². The minimum Gasteiger partial charge on any atom is -0.295 e. The molecule has 1 aliphatic heterocycles. The fourth-order valence-electron chi connectivity index (χ4n) is 3.06. The van der Waals surface area contributed by atoms with Gasteiger partial charge in [-0.05, 0) is 50.4 Å². The topological polar surface area (TPSA) is 49.4 Å². The van der Waals surface area contributed by atoms with Gasteiger partial charge >= 0.3 is 0 Å². The largest absolute Gasteiger partial charge is 0.295 e. The first-order valence-corrected chi connectivity index (χ1v) is 9.95. The third-order valence-corrected chi connectivity index (χ3v) is 5.82. The second-order valence-electron chi connectivity index (χ2n) is 6.14. The molecule has 1 atom stereocenters. The maximum atomic E-state index is 12.1. The lowest BCUT2D eigenvalue weighted by Gasteiger charge is -2.29. The van der Waals surface area contributed by atoms with E-state index in [4.69, 9.17) is 0 Å². The number of aryl methyl sites for hydroxylation is 1. The SMILES string of the molecule is CCCCS(=O)(=O)NCC(c1ccccc1C)N1CCCC1. The van der Waals surface area contributed by atoms with Crippen LogP contribution in [0.25, 0.3) is 0 Å². The molecule has 1 saturated heterocycles. The molecule has 0 spiro atoms. The number of nitrogens with zero attached hydrogens (tertiary/aromatic N) is 1. The molecular weight excluding hydrogens is 296 g/mol. The monoisotopic (exact) mass is 324 g/mol. The fourth-order valence-corrected chi connectivity index (χ4v) is 4.29. The average Bonchev–Trinajstić information content (AvgIpc) is 3.01. The van der Waals surface area contributed by atoms with Gasteiger partial charge in [0, 0.05) is 12.6 Å². The van der Waals surface area contributed by atoms with Gasteiger partial charge in [0.05, 0.1) is 5.75 Å². The number of nitrogens with one attached hydrogen (secondary N) is 1. The molecule has 2 rings (SSSR count). The maximum absolute atomic E-state index is 12.1. The number of benzene rings is 1. The van der Waals surface area contributed by atoms with E-state index < -0.39 is 10.0 Å². The van der Waals surface area contributed by atoms with Crippen LogP contribution in [0.1, 0.15) is 49.8 Å². The van der Waals surface area contributed by atoms with Gasteiger partial charge in [0.15, 0.2) is 0 Å². The molecule has 0 aromatic heterocycles. The molecule has 1 aromatic carbocycles. The number of unbranched alkanes of at least 4 members (excludes halogenated alkanes) is 1. The van der Waals surface area contributed by atoms with Gasteiger partial charge in [0.2, 0.25) is 10.0 Å². The van der Waals surface area contributed by atoms with Crippen molar-refractivity contribution in [2.24, 2.45) is 0 Å². The van der Waals surface area contributed by atoms with Crippen molar-refractivity contribution in [3.63, 3.8) is 0 Å². The molecule has 1 fully saturated rings. The Labute approximate surface area is 135 Å². The Morgan fingerprint density at radius 3 is 2.55 bits per heavy atom. The van der Waals surface area contributed by atoms with Gasteiger partial charge in [-0.1, -0.05) is 37.6 Å². The number of likely N-dealkylation sites (tertiary alicyclic amines) is 1. The molecular formula is C17H28N2O2S. The highest BCUT2D eigenvalue weighted by Gasteiger charge is 2.25. The summed E-state index contributed by atoms with van der Waals surface area (Å²) < 4.78 is 27.0. The van der Waals surface area contributed by atoms with Crippen molar-refractivity contribution in [3.05, 3.63) is 35.4 Å². The number of rotatable bonds is 8. The van der Waals surface area contributed by atoms with E-state index in [0.29, 0.717) is 13.0 Å². The van der Waals surface area contributed by atoms with Gasteiger partial charge in [0.1, 0.15) is 0 Å². The van der Waals surface area contributed by atoms with E-state index in [1.165, 1.54) is 24.0 Å². The number of sulfonamides is 1. The molecule has 124 valence electrons. The van der Waals surface area contributed by atoms with Crippen molar-refractivity contribution in [2.45, 2.75) is 45.6 Å². The maximum Gasteiger partial charge on any atom is 0.211 e. The highest BCUT2D eigenvalue weighted by atomic mass is 32.2. The standard InChI is InChI=1S/C17H28N2O2S/c1-3-4-13-22(20,21)18-14-17(19-11-7-8-12-19)16-10-6-5-9-15(16)2/h5-6,9-10,17-18H,3-4,7-8,11-14H2,1-2H3. The molecule has 1 heterocycles. The van der Waals surface area contributed by atoms with Crippen molar-refractivity contribution >= 4 is 10.0 Å². The van der Waals surface area contributed by atoms with Crippen LogP contribution in [0.15, 0.2) is 24.3 Å². The van der Waals surface area contributed by atoms with E-state index in [0.717, 1.165) is 19.5 Å². The second kappa shape index (κ2) is 8.09. The third-order valence-electron chi connectivity index (χ3n) is 4.39. The van der Waals surface area contributed by atoms with Crippen LogP contribution in [0.3, 0.4) is 0 Å².